The van der Waals surface area contributed by atoms with E-state index >= 15 is 0 Å². The lowest BCUT2D eigenvalue weighted by atomic mass is 10.1. The number of carbonyl (C=O) groups excluding carboxylic acids is 1. The van der Waals surface area contributed by atoms with Crippen molar-refractivity contribution in [1.29, 1.82) is 0 Å². The molecule has 0 spiro atoms. The summed E-state index contributed by atoms with van der Waals surface area (Å²) in [5, 5.41) is 1.16. The maximum atomic E-state index is 14.8. The van der Waals surface area contributed by atoms with Crippen LogP contribution in [-0.4, -0.2) is 53.1 Å². The van der Waals surface area contributed by atoms with E-state index in [1.165, 1.54) is 0 Å². The summed E-state index contributed by atoms with van der Waals surface area (Å²) in [5.41, 5.74) is 0. The van der Waals surface area contributed by atoms with E-state index in [4.69, 9.17) is 0 Å². The second-order valence-electron chi connectivity index (χ2n) is 6.90. The molecule has 16 heteroatoms. The Morgan fingerprint density at radius 3 is 1.74 bits per heavy atom. The molecule has 1 aliphatic heterocycles. The van der Waals surface area contributed by atoms with Gasteiger partial charge < -0.3 is 5.32 Å². The molecule has 2 atom stereocenters. The van der Waals surface area contributed by atoms with Gasteiger partial charge in [-0.05, 0) is 13.3 Å². The van der Waals surface area contributed by atoms with Crippen molar-refractivity contribution < 1.29 is 62.2 Å². The number of morpholine rings is 1. The average molecular weight is 486 g/mol. The van der Waals surface area contributed by atoms with E-state index < -0.39 is 53.1 Å². The van der Waals surface area contributed by atoms with Gasteiger partial charge in [-0.25, -0.2) is 9.13 Å². The molecule has 1 saturated heterocycles. The van der Waals surface area contributed by atoms with Crippen LogP contribution in [0.25, 0.3) is 0 Å². The third kappa shape index (κ3) is 4.68. The van der Waals surface area contributed by atoms with E-state index in [2.05, 4.69) is 0 Å². The van der Waals surface area contributed by atoms with Gasteiger partial charge in [-0.1, -0.05) is 32.6 Å². The summed E-state index contributed by atoms with van der Waals surface area (Å²) in [6.07, 6.45) is -18.6. The molecule has 1 rings (SSSR count). The average Bonchev–Trinajstić information content (AvgIpc) is 2.54. The molecular weight excluding hydrogens is 468 g/mol. The molecule has 1 heterocycles. The van der Waals surface area contributed by atoms with Crippen molar-refractivity contribution in [1.82, 2.24) is 10.2 Å². The van der Waals surface area contributed by atoms with E-state index in [1.54, 1.807) is 6.92 Å². The zero-order valence-electron chi connectivity index (χ0n) is 15.9. The smallest absolute Gasteiger partial charge is 0.349 e. The molecule has 1 N–H and O–H groups in total. The molecule has 2 unspecified atom stereocenters. The lowest BCUT2D eigenvalue weighted by molar-refractivity contribution is -0.583. The molecule has 4 nitrogen and oxygen atoms in total. The first-order valence-corrected chi connectivity index (χ1v) is 8.78. The molecule has 0 aromatic heterocycles. The van der Waals surface area contributed by atoms with Crippen LogP contribution in [0.5, 0.6) is 0 Å². The fourth-order valence-electron chi connectivity index (χ4n) is 2.73. The van der Waals surface area contributed by atoms with Crippen LogP contribution in [-0.2, 0) is 9.53 Å². The molecule has 0 aromatic rings. The van der Waals surface area contributed by atoms with Crippen LogP contribution in [0.2, 0.25) is 0 Å². The van der Waals surface area contributed by atoms with Crippen LogP contribution >= 0.6 is 0 Å². The second-order valence-corrected chi connectivity index (χ2v) is 6.90. The van der Waals surface area contributed by atoms with Crippen LogP contribution in [0.15, 0.2) is 0 Å². The number of hydrogen-bond donors (Lipinski definition) is 1. The Bertz CT molecular complexity index is 628. The lowest BCUT2D eigenvalue weighted by Gasteiger charge is -2.51. The Kier molecular flexibility index (Phi) is 7.55. The highest BCUT2D eigenvalue weighted by Crippen LogP contribution is 2.60. The van der Waals surface area contributed by atoms with Gasteiger partial charge in [0, 0.05) is 6.04 Å². The first-order valence-electron chi connectivity index (χ1n) is 8.78. The van der Waals surface area contributed by atoms with Crippen LogP contribution in [0, 0.1) is 0 Å². The summed E-state index contributed by atoms with van der Waals surface area (Å²) in [6.45, 7) is 2.74. The summed E-state index contributed by atoms with van der Waals surface area (Å²) in [4.78, 5) is 8.39. The highest BCUT2D eigenvalue weighted by atomic mass is 19.4. The van der Waals surface area contributed by atoms with Crippen LogP contribution in [0.3, 0.4) is 0 Å². The van der Waals surface area contributed by atoms with Crippen LogP contribution in [0.1, 0.15) is 46.0 Å². The molecule has 1 aliphatic rings. The number of ether oxygens (including phenoxy) is 1. The minimum atomic E-state index is -7.07. The predicted octanol–water partition coefficient (Wildman–Crippen LogP) is 5.39. The first-order chi connectivity index (χ1) is 13.7. The first kappa shape index (κ1) is 27.6. The molecule has 0 aliphatic carbocycles. The Morgan fingerprint density at radius 2 is 1.35 bits per heavy atom. The highest BCUT2D eigenvalue weighted by molar-refractivity contribution is 5.86. The topological polar surface area (TPSA) is 41.6 Å². The van der Waals surface area contributed by atoms with Gasteiger partial charge in [0.05, 0.1) is 0 Å². The Hall–Kier alpha value is -1.45. The Morgan fingerprint density at radius 1 is 0.903 bits per heavy atom. The van der Waals surface area contributed by atoms with Gasteiger partial charge >= 0.3 is 36.3 Å². The van der Waals surface area contributed by atoms with Gasteiger partial charge in [0.1, 0.15) is 0 Å². The minimum Gasteiger partial charge on any atom is -0.349 e. The zero-order chi connectivity index (χ0) is 24.7. The number of rotatable bonds is 8. The summed E-state index contributed by atoms with van der Waals surface area (Å²) < 4.78 is 165. The third-order valence-electron chi connectivity index (χ3n) is 4.37. The molecule has 0 aromatic carbocycles. The van der Waals surface area contributed by atoms with Gasteiger partial charge in [0.25, 0.3) is 5.91 Å². The zero-order valence-corrected chi connectivity index (χ0v) is 15.9. The van der Waals surface area contributed by atoms with Crippen LogP contribution in [0.4, 0.5) is 52.7 Å². The van der Waals surface area contributed by atoms with Crippen molar-refractivity contribution in [3.05, 3.63) is 0 Å². The predicted molar refractivity (Wildman–Crippen MR) is 79.0 cm³/mol. The van der Waals surface area contributed by atoms with E-state index in [0.29, 0.717) is 19.3 Å². The van der Waals surface area contributed by atoms with Crippen molar-refractivity contribution >= 4 is 5.91 Å². The van der Waals surface area contributed by atoms with E-state index in [-0.39, 0.29) is 12.8 Å². The monoisotopic (exact) mass is 486 g/mol. The quantitative estimate of drug-likeness (QED) is 0.284. The summed E-state index contributed by atoms with van der Waals surface area (Å²) in [6, 6.07) is -15.5. The maximum absolute atomic E-state index is 14.8. The van der Waals surface area contributed by atoms with Crippen molar-refractivity contribution in [3.63, 3.8) is 0 Å². The van der Waals surface area contributed by atoms with E-state index in [9.17, 15) is 57.5 Å². The fourth-order valence-corrected chi connectivity index (χ4v) is 2.73. The van der Waals surface area contributed by atoms with Crippen molar-refractivity contribution in [2.75, 3.05) is 0 Å². The third-order valence-corrected chi connectivity index (χ3v) is 4.37. The van der Waals surface area contributed by atoms with Gasteiger partial charge in [-0.2, -0.15) is 48.3 Å². The van der Waals surface area contributed by atoms with Gasteiger partial charge in [-0.3, -0.25) is 4.79 Å². The molecule has 1 fully saturated rings. The largest absolute Gasteiger partial charge is 0.446 e. The van der Waals surface area contributed by atoms with Crippen LogP contribution < -0.4 is 5.32 Å². The number of nitrogens with zero attached hydrogens (tertiary/aromatic N) is 1. The highest BCUT2D eigenvalue weighted by Gasteiger charge is 2.90. The fraction of sp³-hybridized carbons (Fsp3) is 0.933. The van der Waals surface area contributed by atoms with Gasteiger partial charge in [-0.15, -0.1) is 4.90 Å². The normalized spacial score (nSPS) is 25.5. The SMILES string of the molecule is CCCCCCC(C)NC(=O)C(F)(N1C(F)(F)C(F)(F)OC(F)(F)C1(F)F)C(F)(F)F. The molecule has 0 bridgehead atoms. The van der Waals surface area contributed by atoms with Crippen molar-refractivity contribution in [2.24, 2.45) is 0 Å². The van der Waals surface area contributed by atoms with E-state index in [0.717, 1.165) is 12.2 Å². The molecule has 0 saturated carbocycles. The number of hydrogen-bond acceptors (Lipinski definition) is 3. The Labute approximate surface area is 167 Å². The number of amides is 1. The molecule has 0 radical (unpaired) electrons. The maximum Gasteiger partial charge on any atom is 0.446 e. The second kappa shape index (κ2) is 8.48. The summed E-state index contributed by atoms with van der Waals surface area (Å²) in [7, 11) is 0. The standard InChI is InChI=1S/C15H18F12N2O2/c1-3-4-5-6-7-8(2)28-9(30)10(16,11(17,18)19)29-12(20,21)14(24,25)31-15(26,27)13(29,22)23/h8H,3-7H2,1-2H3,(H,28,30). The molecule has 1 amide bonds. The number of nitrogens with one attached hydrogen (secondary N) is 1. The number of halogens is 12. The number of alkyl halides is 12. The number of unbranched alkanes of at least 4 members (excludes halogenated alkanes) is 3. The van der Waals surface area contributed by atoms with E-state index in [1.807, 2.05) is 4.74 Å². The summed E-state index contributed by atoms with van der Waals surface area (Å²) in [5.74, 6) is -9.98. The molecule has 31 heavy (non-hydrogen) atoms. The van der Waals surface area contributed by atoms with Crippen molar-refractivity contribution in [3.8, 4) is 0 Å². The molecule has 184 valence electrons. The van der Waals surface area contributed by atoms with Gasteiger partial charge in [0.15, 0.2) is 0 Å². The van der Waals surface area contributed by atoms with Gasteiger partial charge in [0.2, 0.25) is 0 Å². The summed E-state index contributed by atoms with van der Waals surface area (Å²) >= 11 is 0. The number of carbonyl (C=O) groups is 1. The Balaban J connectivity index is 3.46. The lowest BCUT2D eigenvalue weighted by Crippen LogP contribution is -2.82. The minimum absolute atomic E-state index is 0.179. The molecular formula is C15H18F12N2O2. The van der Waals surface area contributed by atoms with Crippen molar-refractivity contribution in [2.45, 2.75) is 88.3 Å².